The van der Waals surface area contributed by atoms with Crippen molar-refractivity contribution < 1.29 is 9.53 Å². The number of nitriles is 1. The number of nitrogens with zero attached hydrogens (tertiary/aromatic N) is 1. The number of carbonyl (C=O) groups is 1. The van der Waals surface area contributed by atoms with E-state index in [1.54, 1.807) is 13.0 Å². The summed E-state index contributed by atoms with van der Waals surface area (Å²) in [6.45, 7) is 1.91. The minimum absolute atomic E-state index is 0.0778. The van der Waals surface area contributed by atoms with E-state index >= 15 is 0 Å². The summed E-state index contributed by atoms with van der Waals surface area (Å²) in [7, 11) is 0. The van der Waals surface area contributed by atoms with Gasteiger partial charge in [0.1, 0.15) is 11.6 Å². The molecule has 18 heavy (non-hydrogen) atoms. The Bertz CT molecular complexity index is 512. The van der Waals surface area contributed by atoms with Crippen molar-refractivity contribution in [3.63, 3.8) is 0 Å². The lowest BCUT2D eigenvalue weighted by Gasteiger charge is -1.99. The highest BCUT2D eigenvalue weighted by atomic mass is 35.5. The lowest BCUT2D eigenvalue weighted by atomic mass is 10.2. The molecule has 0 heterocycles. The van der Waals surface area contributed by atoms with Crippen molar-refractivity contribution in [1.82, 2.24) is 0 Å². The molecule has 0 aliphatic heterocycles. The van der Waals surface area contributed by atoms with Gasteiger partial charge < -0.3 is 4.74 Å². The molecule has 4 heteroatoms. The van der Waals surface area contributed by atoms with Crippen molar-refractivity contribution in [2.75, 3.05) is 6.61 Å². The monoisotopic (exact) mass is 261 g/mol. The van der Waals surface area contributed by atoms with Crippen LogP contribution in [0.4, 0.5) is 0 Å². The molecule has 1 aromatic rings. The fraction of sp³-hybridized carbons (Fsp3) is 0.143. The normalized spacial score (nSPS) is 11.8. The number of esters is 1. The zero-order valence-corrected chi connectivity index (χ0v) is 10.6. The maximum Gasteiger partial charge on any atom is 0.348 e. The molecule has 0 atom stereocenters. The summed E-state index contributed by atoms with van der Waals surface area (Å²) in [6, 6.07) is 11.0. The molecule has 0 N–H and O–H groups in total. The van der Waals surface area contributed by atoms with Crippen LogP contribution in [-0.2, 0) is 9.53 Å². The third-order valence-electron chi connectivity index (χ3n) is 2.06. The summed E-state index contributed by atoms with van der Waals surface area (Å²) >= 11 is 6.04. The van der Waals surface area contributed by atoms with Gasteiger partial charge in [-0.2, -0.15) is 5.26 Å². The van der Waals surface area contributed by atoms with E-state index in [4.69, 9.17) is 21.6 Å². The summed E-state index contributed by atoms with van der Waals surface area (Å²) in [5.74, 6) is -0.645. The highest BCUT2D eigenvalue weighted by Crippen LogP contribution is 2.18. The van der Waals surface area contributed by atoms with E-state index in [9.17, 15) is 4.79 Å². The molecule has 0 bridgehead atoms. The Hall–Kier alpha value is -2.05. The number of allylic oxidation sites excluding steroid dienone is 2. The fourth-order valence-electron chi connectivity index (χ4n) is 1.21. The summed E-state index contributed by atoms with van der Waals surface area (Å²) < 4.78 is 4.73. The summed E-state index contributed by atoms with van der Waals surface area (Å²) in [6.07, 6.45) is 2.86. The van der Waals surface area contributed by atoms with Crippen LogP contribution >= 0.6 is 11.6 Å². The zero-order valence-electron chi connectivity index (χ0n) is 9.89. The van der Waals surface area contributed by atoms with E-state index in [1.165, 1.54) is 12.2 Å². The highest BCUT2D eigenvalue weighted by Gasteiger charge is 2.08. The molecule has 0 amide bonds. The molecule has 0 aromatic heterocycles. The molecule has 0 saturated heterocycles. The Kier molecular flexibility index (Phi) is 5.69. The molecule has 1 aromatic carbocycles. The maximum absolute atomic E-state index is 11.3. The molecule has 0 aliphatic carbocycles. The van der Waals surface area contributed by atoms with Crippen LogP contribution in [-0.4, -0.2) is 12.6 Å². The molecule has 0 unspecified atom stereocenters. The first kappa shape index (κ1) is 14.0. The number of ether oxygens (including phenoxy) is 1. The molecule has 0 spiro atoms. The Balaban J connectivity index is 2.89. The van der Waals surface area contributed by atoms with Crippen molar-refractivity contribution in [3.05, 3.63) is 53.6 Å². The molecule has 1 rings (SSSR count). The predicted octanol–water partition coefficient (Wildman–Crippen LogP) is 3.28. The highest BCUT2D eigenvalue weighted by molar-refractivity contribution is 6.48. The van der Waals surface area contributed by atoms with Crippen molar-refractivity contribution in [2.45, 2.75) is 6.92 Å². The molecule has 0 saturated carbocycles. The third-order valence-corrected chi connectivity index (χ3v) is 2.41. The van der Waals surface area contributed by atoms with Crippen LogP contribution in [0.5, 0.6) is 0 Å². The van der Waals surface area contributed by atoms with Gasteiger partial charge in [0.05, 0.1) is 6.61 Å². The molecule has 0 aliphatic rings. The molecule has 92 valence electrons. The van der Waals surface area contributed by atoms with Gasteiger partial charge in [0, 0.05) is 5.03 Å². The largest absolute Gasteiger partial charge is 0.462 e. The number of hydrogen-bond donors (Lipinski definition) is 0. The molecule has 0 radical (unpaired) electrons. The van der Waals surface area contributed by atoms with Gasteiger partial charge >= 0.3 is 5.97 Å². The Morgan fingerprint density at radius 1 is 1.39 bits per heavy atom. The number of halogens is 1. The summed E-state index contributed by atoms with van der Waals surface area (Å²) in [4.78, 5) is 11.3. The second-order valence-electron chi connectivity index (χ2n) is 3.29. The fourth-order valence-corrected chi connectivity index (χ4v) is 1.40. The van der Waals surface area contributed by atoms with Crippen molar-refractivity contribution in [3.8, 4) is 6.07 Å². The minimum atomic E-state index is -0.645. The van der Waals surface area contributed by atoms with Gasteiger partial charge in [-0.3, -0.25) is 0 Å². The SMILES string of the molecule is CCOC(=O)C(C#N)=CC=C(Cl)c1ccccc1. The second kappa shape index (κ2) is 7.31. The maximum atomic E-state index is 11.3. The molecular weight excluding hydrogens is 250 g/mol. The van der Waals surface area contributed by atoms with Crippen LogP contribution in [0.1, 0.15) is 12.5 Å². The van der Waals surface area contributed by atoms with Gasteiger partial charge in [0.2, 0.25) is 0 Å². The van der Waals surface area contributed by atoms with Crippen LogP contribution in [0.3, 0.4) is 0 Å². The lowest BCUT2D eigenvalue weighted by Crippen LogP contribution is -2.05. The summed E-state index contributed by atoms with van der Waals surface area (Å²) in [5.41, 5.74) is 0.738. The van der Waals surface area contributed by atoms with E-state index < -0.39 is 5.97 Å². The standard InChI is InChI=1S/C14H12ClNO2/c1-2-18-14(17)12(10-16)8-9-13(15)11-6-4-3-5-7-11/h3-9H,2H2,1H3. The minimum Gasteiger partial charge on any atom is -0.462 e. The van der Waals surface area contributed by atoms with Gasteiger partial charge in [-0.1, -0.05) is 41.9 Å². The second-order valence-corrected chi connectivity index (χ2v) is 3.70. The van der Waals surface area contributed by atoms with E-state index in [0.717, 1.165) is 5.56 Å². The van der Waals surface area contributed by atoms with Crippen LogP contribution in [0, 0.1) is 11.3 Å². The lowest BCUT2D eigenvalue weighted by molar-refractivity contribution is -0.138. The quantitative estimate of drug-likeness (QED) is 0.362. The average molecular weight is 262 g/mol. The van der Waals surface area contributed by atoms with Crippen molar-refractivity contribution in [2.24, 2.45) is 0 Å². The van der Waals surface area contributed by atoms with Crippen LogP contribution in [0.15, 0.2) is 48.1 Å². The average Bonchev–Trinajstić information content (AvgIpc) is 2.40. The number of benzene rings is 1. The Morgan fingerprint density at radius 3 is 2.61 bits per heavy atom. The van der Waals surface area contributed by atoms with Gasteiger partial charge in [0.25, 0.3) is 0 Å². The van der Waals surface area contributed by atoms with Crippen LogP contribution in [0.2, 0.25) is 0 Å². The first-order valence-electron chi connectivity index (χ1n) is 5.39. The van der Waals surface area contributed by atoms with Gasteiger partial charge in [-0.05, 0) is 24.6 Å². The smallest absolute Gasteiger partial charge is 0.348 e. The van der Waals surface area contributed by atoms with Crippen molar-refractivity contribution >= 4 is 22.6 Å². The Morgan fingerprint density at radius 2 is 2.06 bits per heavy atom. The first-order valence-corrected chi connectivity index (χ1v) is 5.77. The molecule has 0 fully saturated rings. The number of carbonyl (C=O) groups excluding carboxylic acids is 1. The molecule has 3 nitrogen and oxygen atoms in total. The van der Waals surface area contributed by atoms with E-state index in [1.807, 2.05) is 30.3 Å². The topological polar surface area (TPSA) is 50.1 Å². The molecular formula is C14H12ClNO2. The van der Waals surface area contributed by atoms with E-state index in [-0.39, 0.29) is 12.2 Å². The number of hydrogen-bond acceptors (Lipinski definition) is 3. The number of rotatable bonds is 4. The Labute approximate surface area is 111 Å². The third kappa shape index (κ3) is 4.08. The predicted molar refractivity (Wildman–Crippen MR) is 70.6 cm³/mol. The van der Waals surface area contributed by atoms with E-state index in [0.29, 0.717) is 5.03 Å². The zero-order chi connectivity index (χ0) is 13.4. The van der Waals surface area contributed by atoms with E-state index in [2.05, 4.69) is 0 Å². The van der Waals surface area contributed by atoms with Crippen molar-refractivity contribution in [1.29, 1.82) is 5.26 Å². The van der Waals surface area contributed by atoms with Crippen LogP contribution < -0.4 is 0 Å². The van der Waals surface area contributed by atoms with Gasteiger partial charge in [-0.15, -0.1) is 0 Å². The van der Waals surface area contributed by atoms with Gasteiger partial charge in [0.15, 0.2) is 0 Å². The van der Waals surface area contributed by atoms with Crippen LogP contribution in [0.25, 0.3) is 5.03 Å². The summed E-state index contributed by atoms with van der Waals surface area (Å²) in [5, 5.41) is 9.27. The first-order chi connectivity index (χ1) is 8.69. The van der Waals surface area contributed by atoms with Gasteiger partial charge in [-0.25, -0.2) is 4.79 Å².